The normalized spacial score (nSPS) is 20.2. The molecule has 0 bridgehead atoms. The maximum atomic E-state index is 10.8. The number of carbonyl (C=O) groups is 1. The Morgan fingerprint density at radius 2 is 2.13 bits per heavy atom. The number of benzene rings is 1. The second-order valence-electron chi connectivity index (χ2n) is 6.04. The number of hydrogen-bond acceptors (Lipinski definition) is 5. The highest BCUT2D eigenvalue weighted by molar-refractivity contribution is 6.00. The van der Waals surface area contributed by atoms with Crippen LogP contribution in [0.2, 0.25) is 0 Å². The van der Waals surface area contributed by atoms with Crippen molar-refractivity contribution < 1.29 is 9.21 Å². The molecule has 0 unspecified atom stereocenters. The molecule has 0 amide bonds. The molecular formula is C18H17N3O2. The van der Waals surface area contributed by atoms with Crippen LogP contribution in [0.15, 0.2) is 41.2 Å². The van der Waals surface area contributed by atoms with Crippen molar-refractivity contribution in [3.05, 3.63) is 42.7 Å². The molecule has 1 N–H and O–H groups in total. The van der Waals surface area contributed by atoms with E-state index in [1.54, 1.807) is 12.4 Å². The van der Waals surface area contributed by atoms with Crippen molar-refractivity contribution >= 4 is 22.7 Å². The van der Waals surface area contributed by atoms with Crippen molar-refractivity contribution in [1.29, 1.82) is 0 Å². The first-order valence-electron chi connectivity index (χ1n) is 7.76. The Hall–Kier alpha value is -2.69. The van der Waals surface area contributed by atoms with E-state index >= 15 is 0 Å². The third kappa shape index (κ3) is 2.48. The number of pyridine rings is 1. The number of oxazole rings is 1. The number of carbonyl (C=O) groups excluding carboxylic acids is 1. The first kappa shape index (κ1) is 13.9. The van der Waals surface area contributed by atoms with Gasteiger partial charge in [0.1, 0.15) is 6.29 Å². The molecule has 0 spiro atoms. The lowest BCUT2D eigenvalue weighted by Gasteiger charge is -2.34. The van der Waals surface area contributed by atoms with Gasteiger partial charge in [0.15, 0.2) is 11.7 Å². The molecule has 1 fully saturated rings. The van der Waals surface area contributed by atoms with Crippen LogP contribution in [0.4, 0.5) is 5.69 Å². The molecule has 0 atom stereocenters. The molecule has 2 heterocycles. The summed E-state index contributed by atoms with van der Waals surface area (Å²) < 4.78 is 5.71. The van der Waals surface area contributed by atoms with Gasteiger partial charge in [-0.3, -0.25) is 4.98 Å². The van der Waals surface area contributed by atoms with Crippen LogP contribution in [0.3, 0.4) is 0 Å². The number of aromatic nitrogens is 2. The molecular weight excluding hydrogens is 290 g/mol. The summed E-state index contributed by atoms with van der Waals surface area (Å²) >= 11 is 0. The quantitative estimate of drug-likeness (QED) is 0.746. The lowest BCUT2D eigenvalue weighted by atomic mass is 9.81. The average molecular weight is 307 g/mol. The number of anilines is 1. The maximum absolute atomic E-state index is 10.8. The van der Waals surface area contributed by atoms with Gasteiger partial charge in [-0.1, -0.05) is 6.07 Å². The van der Waals surface area contributed by atoms with E-state index in [0.717, 1.165) is 46.9 Å². The molecule has 5 heteroatoms. The van der Waals surface area contributed by atoms with Gasteiger partial charge in [0.25, 0.3) is 0 Å². The summed E-state index contributed by atoms with van der Waals surface area (Å²) in [6, 6.07) is 6.38. The number of hydrogen-bond donors (Lipinski definition) is 1. The first-order chi connectivity index (χ1) is 11.2. The molecule has 0 saturated heterocycles. The number of aryl methyl sites for hydroxylation is 1. The van der Waals surface area contributed by atoms with Crippen LogP contribution in [-0.2, 0) is 4.79 Å². The van der Waals surface area contributed by atoms with Gasteiger partial charge in [0.2, 0.25) is 0 Å². The molecule has 1 aromatic carbocycles. The van der Waals surface area contributed by atoms with Crippen molar-refractivity contribution in [2.75, 3.05) is 5.32 Å². The molecule has 1 aliphatic rings. The highest BCUT2D eigenvalue weighted by atomic mass is 16.4. The lowest BCUT2D eigenvalue weighted by Crippen LogP contribution is -2.36. The van der Waals surface area contributed by atoms with E-state index in [2.05, 4.69) is 15.3 Å². The Morgan fingerprint density at radius 3 is 2.87 bits per heavy atom. The SMILES string of the molecule is Cc1ncc(-c2ccc3cnccc3c2N[C@H]2C[C@@H](C=O)C2)o1. The molecule has 2 aromatic heterocycles. The van der Waals surface area contributed by atoms with E-state index < -0.39 is 0 Å². The van der Waals surface area contributed by atoms with Crippen LogP contribution in [0.5, 0.6) is 0 Å². The van der Waals surface area contributed by atoms with E-state index in [4.69, 9.17) is 4.42 Å². The van der Waals surface area contributed by atoms with E-state index in [-0.39, 0.29) is 5.92 Å². The summed E-state index contributed by atoms with van der Waals surface area (Å²) in [4.78, 5) is 19.2. The standard InChI is InChI=1S/C18H17N3O2/c1-11-20-9-17(23-11)16-3-2-13-8-19-5-4-15(13)18(16)21-14-6-12(7-14)10-22/h2-5,8-10,12,14,21H,6-7H2,1H3/t12-,14+. The highest BCUT2D eigenvalue weighted by Gasteiger charge is 2.29. The third-order valence-corrected chi connectivity index (χ3v) is 4.42. The van der Waals surface area contributed by atoms with Crippen LogP contribution in [0.25, 0.3) is 22.1 Å². The Balaban J connectivity index is 1.79. The number of fused-ring (bicyclic) bond motifs is 1. The van der Waals surface area contributed by atoms with Crippen LogP contribution in [-0.4, -0.2) is 22.3 Å². The average Bonchev–Trinajstić information content (AvgIpc) is 2.96. The van der Waals surface area contributed by atoms with E-state index in [9.17, 15) is 4.79 Å². The summed E-state index contributed by atoms with van der Waals surface area (Å²) in [5, 5.41) is 5.76. The number of rotatable bonds is 4. The summed E-state index contributed by atoms with van der Waals surface area (Å²) in [5.74, 6) is 1.57. The topological polar surface area (TPSA) is 68.0 Å². The van der Waals surface area contributed by atoms with E-state index in [0.29, 0.717) is 11.9 Å². The van der Waals surface area contributed by atoms with Gasteiger partial charge >= 0.3 is 0 Å². The fourth-order valence-corrected chi connectivity index (χ4v) is 3.11. The van der Waals surface area contributed by atoms with Gasteiger partial charge in [0.05, 0.1) is 11.9 Å². The predicted molar refractivity (Wildman–Crippen MR) is 88.2 cm³/mol. The van der Waals surface area contributed by atoms with Crippen LogP contribution < -0.4 is 5.32 Å². The van der Waals surface area contributed by atoms with Crippen molar-refractivity contribution in [3.8, 4) is 11.3 Å². The molecule has 3 aromatic rings. The Morgan fingerprint density at radius 1 is 1.26 bits per heavy atom. The van der Waals surface area contributed by atoms with Gasteiger partial charge in [-0.15, -0.1) is 0 Å². The molecule has 5 nitrogen and oxygen atoms in total. The van der Waals surface area contributed by atoms with Gasteiger partial charge in [-0.25, -0.2) is 4.98 Å². The first-order valence-corrected chi connectivity index (χ1v) is 7.76. The molecule has 1 aliphatic carbocycles. The second-order valence-corrected chi connectivity index (χ2v) is 6.04. The molecule has 0 radical (unpaired) electrons. The summed E-state index contributed by atoms with van der Waals surface area (Å²) in [7, 11) is 0. The van der Waals surface area contributed by atoms with E-state index in [1.165, 1.54) is 0 Å². The van der Waals surface area contributed by atoms with Crippen LogP contribution >= 0.6 is 0 Å². The minimum Gasteiger partial charge on any atom is -0.441 e. The fraction of sp³-hybridized carbons (Fsp3) is 0.278. The van der Waals surface area contributed by atoms with Crippen LogP contribution in [0.1, 0.15) is 18.7 Å². The highest BCUT2D eigenvalue weighted by Crippen LogP contribution is 2.38. The zero-order valence-electron chi connectivity index (χ0n) is 12.8. The second kappa shape index (κ2) is 5.50. The van der Waals surface area contributed by atoms with Crippen molar-refractivity contribution in [2.24, 2.45) is 5.92 Å². The monoisotopic (exact) mass is 307 g/mol. The van der Waals surface area contributed by atoms with E-state index in [1.807, 2.05) is 31.3 Å². The Labute approximate surface area is 133 Å². The predicted octanol–water partition coefficient (Wildman–Crippen LogP) is 3.59. The van der Waals surface area contributed by atoms with Gasteiger partial charge in [-0.05, 0) is 25.0 Å². The van der Waals surface area contributed by atoms with Crippen LogP contribution in [0, 0.1) is 12.8 Å². The van der Waals surface area contributed by atoms with Gasteiger partial charge < -0.3 is 14.5 Å². The zero-order valence-corrected chi connectivity index (χ0v) is 12.8. The smallest absolute Gasteiger partial charge is 0.191 e. The van der Waals surface area contributed by atoms with Gasteiger partial charge in [0, 0.05) is 47.6 Å². The lowest BCUT2D eigenvalue weighted by molar-refractivity contribution is -0.113. The van der Waals surface area contributed by atoms with Crippen molar-refractivity contribution in [2.45, 2.75) is 25.8 Å². The molecule has 23 heavy (non-hydrogen) atoms. The van der Waals surface area contributed by atoms with Gasteiger partial charge in [-0.2, -0.15) is 0 Å². The summed E-state index contributed by atoms with van der Waals surface area (Å²) in [5.41, 5.74) is 2.01. The molecule has 0 aliphatic heterocycles. The van der Waals surface area contributed by atoms with Crippen molar-refractivity contribution in [1.82, 2.24) is 9.97 Å². The fourth-order valence-electron chi connectivity index (χ4n) is 3.11. The summed E-state index contributed by atoms with van der Waals surface area (Å²) in [6.45, 7) is 1.84. The zero-order chi connectivity index (χ0) is 15.8. The Kier molecular flexibility index (Phi) is 3.33. The van der Waals surface area contributed by atoms with Crippen molar-refractivity contribution in [3.63, 3.8) is 0 Å². The third-order valence-electron chi connectivity index (χ3n) is 4.42. The molecule has 1 saturated carbocycles. The maximum Gasteiger partial charge on any atom is 0.191 e. The molecule has 116 valence electrons. The number of aldehydes is 1. The summed E-state index contributed by atoms with van der Waals surface area (Å²) in [6.07, 6.45) is 8.19. The minimum atomic E-state index is 0.181. The number of nitrogens with one attached hydrogen (secondary N) is 1. The minimum absolute atomic E-state index is 0.181. The number of nitrogens with zero attached hydrogens (tertiary/aromatic N) is 2. The largest absolute Gasteiger partial charge is 0.441 e. The Bertz CT molecular complexity index is 866. The molecule has 4 rings (SSSR count).